The first-order valence-electron chi connectivity index (χ1n) is 11.9. The minimum absolute atomic E-state index is 0. The van der Waals surface area contributed by atoms with Crippen molar-refractivity contribution in [2.24, 2.45) is 5.73 Å². The van der Waals surface area contributed by atoms with Crippen molar-refractivity contribution in [1.29, 1.82) is 0 Å². The number of nitrogens with zero attached hydrogens (tertiary/aromatic N) is 4. The third-order valence-electron chi connectivity index (χ3n) is 7.58. The molecule has 0 bridgehead atoms. The van der Waals surface area contributed by atoms with Crippen LogP contribution in [0, 0.1) is 0 Å². The van der Waals surface area contributed by atoms with Gasteiger partial charge in [0.15, 0.2) is 23.1 Å². The molecule has 11 heteroatoms. The summed E-state index contributed by atoms with van der Waals surface area (Å²) in [6, 6.07) is 13.8. The average Bonchev–Trinajstić information content (AvgIpc) is 3.30. The van der Waals surface area contributed by atoms with Crippen molar-refractivity contribution in [3.63, 3.8) is 0 Å². The molecule has 0 atom stereocenters. The molecule has 0 spiro atoms. The van der Waals surface area contributed by atoms with Crippen LogP contribution in [0.15, 0.2) is 42.5 Å². The lowest BCUT2D eigenvalue weighted by Crippen LogP contribution is -2.50. The van der Waals surface area contributed by atoms with Crippen LogP contribution in [-0.4, -0.2) is 52.4 Å². The van der Waals surface area contributed by atoms with E-state index in [2.05, 4.69) is 16.3 Å². The van der Waals surface area contributed by atoms with Gasteiger partial charge in [-0.1, -0.05) is 23.7 Å². The fraction of sp³-hybridized carbons (Fsp3) is 0.423. The van der Waals surface area contributed by atoms with E-state index in [0.717, 1.165) is 42.1 Å². The van der Waals surface area contributed by atoms with Gasteiger partial charge in [0.25, 0.3) is 0 Å². The summed E-state index contributed by atoms with van der Waals surface area (Å²) >= 11 is 6.26. The Balaban J connectivity index is 0.00000190. The van der Waals surface area contributed by atoms with Gasteiger partial charge in [0.1, 0.15) is 6.54 Å². The molecule has 1 fully saturated rings. The highest BCUT2D eigenvalue weighted by atomic mass is 35.5. The van der Waals surface area contributed by atoms with Gasteiger partial charge in [0.2, 0.25) is 5.91 Å². The Kier molecular flexibility index (Phi) is 9.34. The second-order valence-electron chi connectivity index (χ2n) is 9.34. The van der Waals surface area contributed by atoms with Crippen molar-refractivity contribution in [2.45, 2.75) is 50.2 Å². The monoisotopic (exact) mass is 567 g/mol. The molecule has 1 aliphatic carbocycles. The topological polar surface area (TPSA) is 95.5 Å². The maximum absolute atomic E-state index is 13.3. The highest BCUT2D eigenvalue weighted by Crippen LogP contribution is 2.41. The molecular formula is C26H32Cl3N5O3. The van der Waals surface area contributed by atoms with Crippen LogP contribution in [0.5, 0.6) is 11.5 Å². The van der Waals surface area contributed by atoms with Gasteiger partial charge in [-0.15, -0.1) is 35.0 Å². The van der Waals surface area contributed by atoms with Crippen LogP contribution in [0.3, 0.4) is 0 Å². The summed E-state index contributed by atoms with van der Waals surface area (Å²) in [5.74, 6) is 2.78. The molecule has 200 valence electrons. The summed E-state index contributed by atoms with van der Waals surface area (Å²) in [5.41, 5.74) is 8.19. The number of fused-ring (bicyclic) bond motifs is 1. The standard InChI is InChI=1S/C26H30ClN5O3.2ClH/c1-34-21-7-6-17(12-22(21)35-2)25-30-29-23-14-31(24(33)15-32(23)25)20-8-10-26(16-28,11-9-20)18-4-3-5-19(27)13-18;;/h3-7,12-13,20H,8-11,14-16,28H2,1-2H3;2*1H/t20-,26-;;. The number of ether oxygens (including phenoxy) is 2. The first kappa shape index (κ1) is 29.0. The van der Waals surface area contributed by atoms with E-state index >= 15 is 0 Å². The minimum atomic E-state index is -0.0964. The molecule has 1 aromatic heterocycles. The third-order valence-corrected chi connectivity index (χ3v) is 7.81. The Labute approximate surface area is 234 Å². The quantitative estimate of drug-likeness (QED) is 0.465. The lowest BCUT2D eigenvalue weighted by Gasteiger charge is -2.44. The molecule has 0 radical (unpaired) electrons. The Morgan fingerprint density at radius 1 is 1.03 bits per heavy atom. The Morgan fingerprint density at radius 2 is 1.76 bits per heavy atom. The normalized spacial score (nSPS) is 20.9. The molecule has 2 heterocycles. The lowest BCUT2D eigenvalue weighted by atomic mass is 9.68. The van der Waals surface area contributed by atoms with Crippen molar-refractivity contribution < 1.29 is 14.3 Å². The van der Waals surface area contributed by atoms with Crippen LogP contribution in [0.25, 0.3) is 11.4 Å². The van der Waals surface area contributed by atoms with Crippen LogP contribution in [0.1, 0.15) is 37.1 Å². The summed E-state index contributed by atoms with van der Waals surface area (Å²) in [6.07, 6.45) is 3.63. The first-order valence-corrected chi connectivity index (χ1v) is 12.3. The zero-order chi connectivity index (χ0) is 24.6. The van der Waals surface area contributed by atoms with Gasteiger partial charge in [0.05, 0.1) is 20.8 Å². The van der Waals surface area contributed by atoms with Crippen molar-refractivity contribution in [3.05, 3.63) is 58.9 Å². The van der Waals surface area contributed by atoms with Crippen molar-refractivity contribution in [3.8, 4) is 22.9 Å². The molecular weight excluding hydrogens is 537 g/mol. The molecule has 0 saturated heterocycles. The molecule has 8 nitrogen and oxygen atoms in total. The minimum Gasteiger partial charge on any atom is -0.493 e. The molecule has 0 unspecified atom stereocenters. The van der Waals surface area contributed by atoms with Gasteiger partial charge in [-0.2, -0.15) is 0 Å². The molecule has 1 amide bonds. The number of halogens is 3. The highest BCUT2D eigenvalue weighted by Gasteiger charge is 2.40. The summed E-state index contributed by atoms with van der Waals surface area (Å²) < 4.78 is 12.7. The van der Waals surface area contributed by atoms with E-state index in [4.69, 9.17) is 26.8 Å². The van der Waals surface area contributed by atoms with E-state index in [1.807, 2.05) is 45.9 Å². The van der Waals surface area contributed by atoms with E-state index in [9.17, 15) is 4.79 Å². The summed E-state index contributed by atoms with van der Waals surface area (Å²) in [6.45, 7) is 1.24. The van der Waals surface area contributed by atoms with Gasteiger partial charge < -0.3 is 20.1 Å². The zero-order valence-corrected chi connectivity index (χ0v) is 23.2. The third kappa shape index (κ3) is 5.39. The number of carbonyl (C=O) groups excluding carboxylic acids is 1. The molecule has 2 aliphatic rings. The molecule has 3 aromatic rings. The van der Waals surface area contributed by atoms with Crippen LogP contribution >= 0.6 is 36.4 Å². The van der Waals surface area contributed by atoms with E-state index in [1.165, 1.54) is 5.56 Å². The molecule has 1 aliphatic heterocycles. The summed E-state index contributed by atoms with van der Waals surface area (Å²) in [7, 11) is 3.19. The van der Waals surface area contributed by atoms with Crippen molar-refractivity contribution in [1.82, 2.24) is 19.7 Å². The predicted molar refractivity (Wildman–Crippen MR) is 148 cm³/mol. The van der Waals surface area contributed by atoms with Crippen molar-refractivity contribution >= 4 is 42.3 Å². The Bertz CT molecular complexity index is 1240. The second kappa shape index (κ2) is 11.9. The Morgan fingerprint density at radius 3 is 2.41 bits per heavy atom. The van der Waals surface area contributed by atoms with E-state index in [0.29, 0.717) is 30.4 Å². The summed E-state index contributed by atoms with van der Waals surface area (Å²) in [5, 5.41) is 9.56. The zero-order valence-electron chi connectivity index (χ0n) is 20.9. The van der Waals surface area contributed by atoms with Crippen LogP contribution in [0.4, 0.5) is 0 Å². The summed E-state index contributed by atoms with van der Waals surface area (Å²) in [4.78, 5) is 15.2. The highest BCUT2D eigenvalue weighted by molar-refractivity contribution is 6.30. The van der Waals surface area contributed by atoms with Gasteiger partial charge in [0, 0.05) is 28.6 Å². The number of hydrogen-bond donors (Lipinski definition) is 1. The number of amides is 1. The Hall–Kier alpha value is -2.52. The lowest BCUT2D eigenvalue weighted by molar-refractivity contribution is -0.137. The smallest absolute Gasteiger partial charge is 0.243 e. The fourth-order valence-electron chi connectivity index (χ4n) is 5.50. The number of rotatable bonds is 6. The number of methoxy groups -OCH3 is 2. The van der Waals surface area contributed by atoms with E-state index in [1.54, 1.807) is 14.2 Å². The number of nitrogens with two attached hydrogens (primary N) is 1. The maximum atomic E-state index is 13.3. The fourth-order valence-corrected chi connectivity index (χ4v) is 5.69. The van der Waals surface area contributed by atoms with Gasteiger partial charge in [-0.25, -0.2) is 0 Å². The molecule has 37 heavy (non-hydrogen) atoms. The number of benzene rings is 2. The molecule has 2 aromatic carbocycles. The molecule has 2 N–H and O–H groups in total. The number of carbonyl (C=O) groups is 1. The molecule has 5 rings (SSSR count). The van der Waals surface area contributed by atoms with Crippen LogP contribution in [-0.2, 0) is 23.3 Å². The van der Waals surface area contributed by atoms with Gasteiger partial charge in [-0.3, -0.25) is 9.36 Å². The van der Waals surface area contributed by atoms with Gasteiger partial charge in [-0.05, 0) is 61.6 Å². The van der Waals surface area contributed by atoms with E-state index in [-0.39, 0.29) is 48.7 Å². The number of hydrogen-bond acceptors (Lipinski definition) is 6. The number of aromatic nitrogens is 3. The predicted octanol–water partition coefficient (Wildman–Crippen LogP) is 4.64. The van der Waals surface area contributed by atoms with Crippen LogP contribution < -0.4 is 15.2 Å². The molecule has 1 saturated carbocycles. The SMILES string of the molecule is COc1ccc(-c2nnc3n2CC(=O)N([C@H]2CC[C@](CN)(c4cccc(Cl)c4)CC2)C3)cc1OC.Cl.Cl. The van der Waals surface area contributed by atoms with Crippen LogP contribution in [0.2, 0.25) is 5.02 Å². The largest absolute Gasteiger partial charge is 0.493 e. The van der Waals surface area contributed by atoms with E-state index < -0.39 is 0 Å². The second-order valence-corrected chi connectivity index (χ2v) is 9.78. The van der Waals surface area contributed by atoms with Gasteiger partial charge >= 0.3 is 0 Å². The van der Waals surface area contributed by atoms with Crippen molar-refractivity contribution in [2.75, 3.05) is 20.8 Å². The maximum Gasteiger partial charge on any atom is 0.243 e. The first-order chi connectivity index (χ1) is 17.0. The average molecular weight is 569 g/mol.